The molecule has 0 aromatic heterocycles. The molecule has 0 spiro atoms. The van der Waals surface area contributed by atoms with Gasteiger partial charge in [0.1, 0.15) is 24.2 Å². The van der Waals surface area contributed by atoms with Gasteiger partial charge < -0.3 is 20.3 Å². The molecule has 112 valence electrons. The molecule has 0 saturated heterocycles. The number of methoxy groups -OCH3 is 1. The van der Waals surface area contributed by atoms with Gasteiger partial charge in [0.15, 0.2) is 0 Å². The Balaban J connectivity index is 2.10. The molecule has 0 aliphatic heterocycles. The van der Waals surface area contributed by atoms with Crippen molar-refractivity contribution >= 4 is 37.5 Å². The molecule has 0 amide bonds. The number of benzene rings is 2. The number of nitrogen functional groups attached to an aromatic ring is 1. The second-order valence-corrected chi connectivity index (χ2v) is 6.08. The predicted octanol–water partition coefficient (Wildman–Crippen LogP) is 3.91. The van der Waals surface area contributed by atoms with Crippen LogP contribution in [0.4, 0.5) is 5.69 Å². The Morgan fingerprint density at radius 1 is 1.14 bits per heavy atom. The van der Waals surface area contributed by atoms with E-state index in [-0.39, 0.29) is 6.61 Å². The first-order valence-corrected chi connectivity index (χ1v) is 7.79. The van der Waals surface area contributed by atoms with Crippen LogP contribution in [-0.4, -0.2) is 18.8 Å². The van der Waals surface area contributed by atoms with Crippen molar-refractivity contribution < 1.29 is 14.6 Å². The van der Waals surface area contributed by atoms with Gasteiger partial charge in [-0.2, -0.15) is 0 Å². The first-order valence-electron chi connectivity index (χ1n) is 6.21. The highest BCUT2D eigenvalue weighted by molar-refractivity contribution is 9.11. The number of hydrogen-bond donors (Lipinski definition) is 2. The van der Waals surface area contributed by atoms with Crippen LogP contribution >= 0.6 is 31.9 Å². The molecule has 0 heterocycles. The molecule has 0 aliphatic carbocycles. The molecule has 0 fully saturated rings. The van der Waals surface area contributed by atoms with E-state index in [2.05, 4.69) is 31.9 Å². The number of aliphatic hydroxyl groups is 1. The summed E-state index contributed by atoms with van der Waals surface area (Å²) in [6, 6.07) is 10.8. The number of hydrogen-bond acceptors (Lipinski definition) is 4. The molecule has 1 unspecified atom stereocenters. The molecule has 3 N–H and O–H groups in total. The molecule has 4 nitrogen and oxygen atoms in total. The minimum Gasteiger partial charge on any atom is -0.496 e. The summed E-state index contributed by atoms with van der Waals surface area (Å²) in [7, 11) is 1.59. The average Bonchev–Trinajstić information content (AvgIpc) is 2.47. The molecule has 0 saturated carbocycles. The van der Waals surface area contributed by atoms with Crippen LogP contribution in [0.15, 0.2) is 45.3 Å². The van der Waals surface area contributed by atoms with Crippen LogP contribution in [0.25, 0.3) is 0 Å². The summed E-state index contributed by atoms with van der Waals surface area (Å²) < 4.78 is 12.4. The van der Waals surface area contributed by atoms with Crippen LogP contribution in [-0.2, 0) is 0 Å². The van der Waals surface area contributed by atoms with Crippen LogP contribution in [0.3, 0.4) is 0 Å². The second kappa shape index (κ2) is 7.15. The molecule has 2 aromatic carbocycles. The van der Waals surface area contributed by atoms with E-state index in [0.717, 1.165) is 8.95 Å². The predicted molar refractivity (Wildman–Crippen MR) is 89.7 cm³/mol. The Morgan fingerprint density at radius 2 is 1.76 bits per heavy atom. The first-order chi connectivity index (χ1) is 10.0. The number of ether oxygens (including phenoxy) is 2. The summed E-state index contributed by atoms with van der Waals surface area (Å²) in [6.07, 6.45) is -0.793. The SMILES string of the molecule is COc1cc(Br)c(OCC(O)c2ccccc2N)cc1Br. The maximum atomic E-state index is 10.2. The molecule has 21 heavy (non-hydrogen) atoms. The fourth-order valence-electron chi connectivity index (χ4n) is 1.85. The van der Waals surface area contributed by atoms with Crippen molar-refractivity contribution in [2.75, 3.05) is 19.5 Å². The average molecular weight is 417 g/mol. The van der Waals surface area contributed by atoms with Crippen LogP contribution in [0, 0.1) is 0 Å². The minimum atomic E-state index is -0.793. The molecule has 1 atom stereocenters. The van der Waals surface area contributed by atoms with Gasteiger partial charge in [-0.3, -0.25) is 0 Å². The third-order valence-electron chi connectivity index (χ3n) is 2.96. The minimum absolute atomic E-state index is 0.103. The lowest BCUT2D eigenvalue weighted by molar-refractivity contribution is 0.108. The highest BCUT2D eigenvalue weighted by Gasteiger charge is 2.14. The van der Waals surface area contributed by atoms with Gasteiger partial charge >= 0.3 is 0 Å². The second-order valence-electron chi connectivity index (χ2n) is 4.37. The Bertz CT molecular complexity index is 634. The number of halogens is 2. The lowest BCUT2D eigenvalue weighted by atomic mass is 10.1. The van der Waals surface area contributed by atoms with E-state index in [4.69, 9.17) is 15.2 Å². The van der Waals surface area contributed by atoms with E-state index in [9.17, 15) is 5.11 Å². The van der Waals surface area contributed by atoms with E-state index in [1.807, 2.05) is 12.1 Å². The van der Waals surface area contributed by atoms with E-state index in [1.54, 1.807) is 31.4 Å². The maximum absolute atomic E-state index is 10.2. The fourth-order valence-corrected chi connectivity index (χ4v) is 2.77. The van der Waals surface area contributed by atoms with Crippen molar-refractivity contribution in [1.82, 2.24) is 0 Å². The Hall–Kier alpha value is -1.24. The van der Waals surface area contributed by atoms with Crippen molar-refractivity contribution in [3.8, 4) is 11.5 Å². The van der Waals surface area contributed by atoms with Crippen molar-refractivity contribution in [2.24, 2.45) is 0 Å². The van der Waals surface area contributed by atoms with Crippen molar-refractivity contribution in [1.29, 1.82) is 0 Å². The van der Waals surface area contributed by atoms with Gasteiger partial charge in [-0.15, -0.1) is 0 Å². The Morgan fingerprint density at radius 3 is 2.43 bits per heavy atom. The largest absolute Gasteiger partial charge is 0.496 e. The van der Waals surface area contributed by atoms with Crippen LogP contribution < -0.4 is 15.2 Å². The smallest absolute Gasteiger partial charge is 0.135 e. The molecule has 2 aromatic rings. The molecular weight excluding hydrogens is 402 g/mol. The number of nitrogens with two attached hydrogens (primary N) is 1. The summed E-state index contributed by atoms with van der Waals surface area (Å²) >= 11 is 6.81. The maximum Gasteiger partial charge on any atom is 0.135 e. The van der Waals surface area contributed by atoms with Crippen LogP contribution in [0.2, 0.25) is 0 Å². The summed E-state index contributed by atoms with van der Waals surface area (Å²) in [5.74, 6) is 1.30. The van der Waals surface area contributed by atoms with Gasteiger partial charge in [0, 0.05) is 11.3 Å². The van der Waals surface area contributed by atoms with Crippen molar-refractivity contribution in [3.05, 3.63) is 50.9 Å². The van der Waals surface area contributed by atoms with Crippen LogP contribution in [0.1, 0.15) is 11.7 Å². The summed E-state index contributed by atoms with van der Waals surface area (Å²) in [4.78, 5) is 0. The molecule has 6 heteroatoms. The monoisotopic (exact) mass is 415 g/mol. The third kappa shape index (κ3) is 3.90. The Kier molecular flexibility index (Phi) is 5.50. The molecular formula is C15H15Br2NO3. The zero-order valence-electron chi connectivity index (χ0n) is 11.3. The fraction of sp³-hybridized carbons (Fsp3) is 0.200. The standard InChI is InChI=1S/C15H15Br2NO3/c1-20-14-6-11(17)15(7-10(14)16)21-8-13(19)9-4-2-3-5-12(9)18/h2-7,13,19H,8,18H2,1H3. The number of aliphatic hydroxyl groups excluding tert-OH is 1. The highest BCUT2D eigenvalue weighted by Crippen LogP contribution is 2.36. The normalized spacial score (nSPS) is 12.0. The van der Waals surface area contributed by atoms with Crippen LogP contribution in [0.5, 0.6) is 11.5 Å². The molecule has 0 radical (unpaired) electrons. The Labute approximate surface area is 140 Å². The zero-order chi connectivity index (χ0) is 15.4. The summed E-state index contributed by atoms with van der Waals surface area (Å²) in [6.45, 7) is 0.103. The van der Waals surface area contributed by atoms with Gasteiger partial charge in [0.25, 0.3) is 0 Å². The van der Waals surface area contributed by atoms with E-state index >= 15 is 0 Å². The topological polar surface area (TPSA) is 64.7 Å². The summed E-state index contributed by atoms with van der Waals surface area (Å²) in [5.41, 5.74) is 7.03. The van der Waals surface area contributed by atoms with E-state index < -0.39 is 6.10 Å². The van der Waals surface area contributed by atoms with Gasteiger partial charge in [-0.1, -0.05) is 18.2 Å². The van der Waals surface area contributed by atoms with Gasteiger partial charge in [0.05, 0.1) is 16.1 Å². The number of anilines is 1. The lowest BCUT2D eigenvalue weighted by Crippen LogP contribution is -2.11. The van der Waals surface area contributed by atoms with Crippen molar-refractivity contribution in [2.45, 2.75) is 6.10 Å². The van der Waals surface area contributed by atoms with Gasteiger partial charge in [-0.25, -0.2) is 0 Å². The van der Waals surface area contributed by atoms with E-state index in [0.29, 0.717) is 22.7 Å². The quantitative estimate of drug-likeness (QED) is 0.725. The highest BCUT2D eigenvalue weighted by atomic mass is 79.9. The van der Waals surface area contributed by atoms with Gasteiger partial charge in [0.2, 0.25) is 0 Å². The van der Waals surface area contributed by atoms with Gasteiger partial charge in [-0.05, 0) is 50.1 Å². The third-order valence-corrected chi connectivity index (χ3v) is 4.20. The number of rotatable bonds is 5. The van der Waals surface area contributed by atoms with E-state index in [1.165, 1.54) is 0 Å². The zero-order valence-corrected chi connectivity index (χ0v) is 14.5. The molecule has 2 rings (SSSR count). The first kappa shape index (κ1) is 16.1. The van der Waals surface area contributed by atoms with Crippen molar-refractivity contribution in [3.63, 3.8) is 0 Å². The molecule has 0 aliphatic rings. The number of para-hydroxylation sites is 1. The molecule has 0 bridgehead atoms. The summed E-state index contributed by atoms with van der Waals surface area (Å²) in [5, 5.41) is 10.2. The lowest BCUT2D eigenvalue weighted by Gasteiger charge is -2.16.